The van der Waals surface area contributed by atoms with E-state index in [0.717, 1.165) is 11.4 Å². The summed E-state index contributed by atoms with van der Waals surface area (Å²) in [5.74, 6) is 0. The number of aryl methyl sites for hydroxylation is 1. The molecular weight excluding hydrogens is 757 g/mol. The first kappa shape index (κ1) is 34.6. The van der Waals surface area contributed by atoms with Crippen molar-refractivity contribution >= 4 is 103 Å². The number of para-hydroxylation sites is 1. The maximum Gasteiger partial charge on any atom is 0.0543 e. The minimum absolute atomic E-state index is 0.257. The molecule has 0 bridgehead atoms. The van der Waals surface area contributed by atoms with Crippen LogP contribution in [0, 0.1) is 0 Å². The molecular formula is C58H40N2S. The molecule has 2 nitrogen and oxygen atoms in total. The lowest BCUT2D eigenvalue weighted by Crippen LogP contribution is -2.17. The van der Waals surface area contributed by atoms with Crippen molar-refractivity contribution < 1.29 is 0 Å². The zero-order valence-electron chi connectivity index (χ0n) is 34.2. The molecule has 1 aliphatic rings. The summed E-state index contributed by atoms with van der Waals surface area (Å²) < 4.78 is 4.95. The van der Waals surface area contributed by atoms with Gasteiger partial charge in [0, 0.05) is 65.7 Å². The Kier molecular flexibility index (Phi) is 7.19. The molecule has 0 amide bonds. The molecule has 61 heavy (non-hydrogen) atoms. The summed E-state index contributed by atoms with van der Waals surface area (Å²) >= 11 is 1.88. The van der Waals surface area contributed by atoms with E-state index in [0.29, 0.717) is 0 Å². The number of fused-ring (bicyclic) bond motifs is 14. The predicted octanol–water partition coefficient (Wildman–Crippen LogP) is 16.6. The quantitative estimate of drug-likeness (QED) is 0.161. The molecule has 0 N–H and O–H groups in total. The monoisotopic (exact) mass is 796 g/mol. The van der Waals surface area contributed by atoms with Crippen LogP contribution in [0.25, 0.3) is 96.5 Å². The number of hydrogen-bond acceptors (Lipinski definition) is 2. The van der Waals surface area contributed by atoms with Gasteiger partial charge >= 0.3 is 0 Å². The van der Waals surface area contributed by atoms with Gasteiger partial charge in [0.2, 0.25) is 0 Å². The van der Waals surface area contributed by atoms with Crippen LogP contribution in [-0.2, 0) is 12.5 Å². The Morgan fingerprint density at radius 2 is 1.05 bits per heavy atom. The normalized spacial score (nSPS) is 13.3. The van der Waals surface area contributed by atoms with Crippen molar-refractivity contribution in [2.24, 2.45) is 7.05 Å². The number of thiophene rings is 1. The SMILES string of the molecule is Cn1c2ccccc2c2ccc(N(c3ccc4c(c3)sc3ccccc34)c3cc4c(c5ccccc35)-c3ccc(-c5cc6ccccc6c6ccccc56)cc3C4(C)C)cc21. The van der Waals surface area contributed by atoms with E-state index < -0.39 is 0 Å². The maximum atomic E-state index is 2.52. The highest BCUT2D eigenvalue weighted by Crippen LogP contribution is 2.56. The second kappa shape index (κ2) is 12.7. The number of aromatic nitrogens is 1. The van der Waals surface area contributed by atoms with Crippen molar-refractivity contribution in [1.29, 1.82) is 0 Å². The Morgan fingerprint density at radius 1 is 0.426 bits per heavy atom. The first-order valence-corrected chi connectivity index (χ1v) is 22.0. The third-order valence-electron chi connectivity index (χ3n) is 13.8. The van der Waals surface area contributed by atoms with Gasteiger partial charge in [0.05, 0.1) is 11.2 Å². The molecule has 0 unspecified atom stereocenters. The average molecular weight is 797 g/mol. The summed E-state index contributed by atoms with van der Waals surface area (Å²) in [6.07, 6.45) is 0. The van der Waals surface area contributed by atoms with E-state index in [1.807, 2.05) is 11.3 Å². The lowest BCUT2D eigenvalue weighted by atomic mass is 9.80. The van der Waals surface area contributed by atoms with Crippen LogP contribution in [0.2, 0.25) is 0 Å². The summed E-state index contributed by atoms with van der Waals surface area (Å²) in [7, 11) is 2.20. The van der Waals surface area contributed by atoms with E-state index >= 15 is 0 Å². The molecule has 3 heteroatoms. The number of hydrogen-bond donors (Lipinski definition) is 0. The Balaban J connectivity index is 1.05. The van der Waals surface area contributed by atoms with Crippen LogP contribution in [0.3, 0.4) is 0 Å². The van der Waals surface area contributed by atoms with Crippen molar-refractivity contribution in [1.82, 2.24) is 4.57 Å². The van der Waals surface area contributed by atoms with E-state index in [2.05, 4.69) is 218 Å². The van der Waals surface area contributed by atoms with Gasteiger partial charge in [0.25, 0.3) is 0 Å². The molecule has 13 rings (SSSR count). The fourth-order valence-electron chi connectivity index (χ4n) is 10.8. The number of benzene rings is 10. The first-order valence-electron chi connectivity index (χ1n) is 21.2. The molecule has 0 saturated heterocycles. The van der Waals surface area contributed by atoms with Gasteiger partial charge in [-0.15, -0.1) is 11.3 Å². The van der Waals surface area contributed by atoms with Crippen molar-refractivity contribution in [2.45, 2.75) is 19.3 Å². The highest BCUT2D eigenvalue weighted by molar-refractivity contribution is 7.25. The highest BCUT2D eigenvalue weighted by atomic mass is 32.1. The average Bonchev–Trinajstić information content (AvgIpc) is 3.90. The molecule has 0 fully saturated rings. The van der Waals surface area contributed by atoms with E-state index in [9.17, 15) is 0 Å². The van der Waals surface area contributed by atoms with Crippen LogP contribution >= 0.6 is 11.3 Å². The summed E-state index contributed by atoms with van der Waals surface area (Å²) in [6.45, 7) is 4.85. The van der Waals surface area contributed by atoms with Gasteiger partial charge in [-0.05, 0) is 115 Å². The molecule has 0 aliphatic heterocycles. The van der Waals surface area contributed by atoms with Gasteiger partial charge in [-0.2, -0.15) is 0 Å². The molecule has 0 spiro atoms. The van der Waals surface area contributed by atoms with E-state index in [1.165, 1.54) is 113 Å². The topological polar surface area (TPSA) is 8.17 Å². The molecule has 10 aromatic carbocycles. The second-order valence-corrected chi connectivity index (χ2v) is 18.4. The van der Waals surface area contributed by atoms with Crippen LogP contribution < -0.4 is 4.90 Å². The summed E-state index contributed by atoms with van der Waals surface area (Å²) in [5, 5.41) is 12.8. The van der Waals surface area contributed by atoms with Crippen molar-refractivity contribution in [3.05, 3.63) is 199 Å². The smallest absolute Gasteiger partial charge is 0.0543 e. The summed E-state index contributed by atoms with van der Waals surface area (Å²) in [5.41, 5.74) is 13.6. The van der Waals surface area contributed by atoms with Gasteiger partial charge in [0.15, 0.2) is 0 Å². The van der Waals surface area contributed by atoms with Crippen LogP contribution in [0.1, 0.15) is 25.0 Å². The van der Waals surface area contributed by atoms with Crippen molar-refractivity contribution in [3.63, 3.8) is 0 Å². The number of rotatable bonds is 4. The van der Waals surface area contributed by atoms with Gasteiger partial charge in [-0.25, -0.2) is 0 Å². The standard InChI is InChI=1S/C58H40N2S/c1-58(2)50-31-36(49-30-35-14-4-5-15-39(35)40-16-6-7-17-41(40)49)24-27-48(50)57-47-21-9-8-19-43(47)54(34-51(57)58)60(38-26-29-46-45-20-11-13-23-55(45)61-56(46)33-38)37-25-28-44-42-18-10-12-22-52(42)59(3)53(44)32-37/h4-34H,1-3H3. The Morgan fingerprint density at radius 3 is 1.89 bits per heavy atom. The molecule has 0 atom stereocenters. The Bertz CT molecular complexity index is 3820. The van der Waals surface area contributed by atoms with Gasteiger partial charge < -0.3 is 9.47 Å². The number of nitrogens with zero attached hydrogens (tertiary/aromatic N) is 2. The summed E-state index contributed by atoms with van der Waals surface area (Å²) in [6, 6.07) is 70.6. The highest BCUT2D eigenvalue weighted by Gasteiger charge is 2.38. The first-order chi connectivity index (χ1) is 29.9. The lowest BCUT2D eigenvalue weighted by molar-refractivity contribution is 0.661. The maximum absolute atomic E-state index is 2.52. The zero-order chi connectivity index (χ0) is 40.6. The van der Waals surface area contributed by atoms with E-state index in [1.54, 1.807) is 0 Å². The third-order valence-corrected chi connectivity index (χ3v) is 14.9. The molecule has 2 aromatic heterocycles. The van der Waals surface area contributed by atoms with Gasteiger partial charge in [-0.1, -0.05) is 147 Å². The Hall–Kier alpha value is -7.20. The zero-order valence-corrected chi connectivity index (χ0v) is 35.0. The minimum Gasteiger partial charge on any atom is -0.344 e. The third kappa shape index (κ3) is 4.90. The fraction of sp³-hybridized carbons (Fsp3) is 0.0690. The molecule has 2 heterocycles. The van der Waals surface area contributed by atoms with Crippen LogP contribution in [0.15, 0.2) is 188 Å². The molecule has 288 valence electrons. The molecule has 12 aromatic rings. The van der Waals surface area contributed by atoms with Crippen molar-refractivity contribution in [2.75, 3.05) is 4.90 Å². The van der Waals surface area contributed by atoms with Crippen molar-refractivity contribution in [3.8, 4) is 22.3 Å². The Labute approximate surface area is 358 Å². The summed E-state index contributed by atoms with van der Waals surface area (Å²) in [4.78, 5) is 2.52. The second-order valence-electron chi connectivity index (χ2n) is 17.3. The predicted molar refractivity (Wildman–Crippen MR) is 264 cm³/mol. The lowest BCUT2D eigenvalue weighted by Gasteiger charge is -2.30. The van der Waals surface area contributed by atoms with E-state index in [4.69, 9.17) is 0 Å². The van der Waals surface area contributed by atoms with E-state index in [-0.39, 0.29) is 5.41 Å². The molecule has 0 saturated carbocycles. The molecule has 0 radical (unpaired) electrons. The largest absolute Gasteiger partial charge is 0.344 e. The van der Waals surface area contributed by atoms with Gasteiger partial charge in [0.1, 0.15) is 0 Å². The number of anilines is 3. The van der Waals surface area contributed by atoms with Gasteiger partial charge in [-0.3, -0.25) is 0 Å². The molecule has 1 aliphatic carbocycles. The van der Waals surface area contributed by atoms with Crippen LogP contribution in [0.5, 0.6) is 0 Å². The van der Waals surface area contributed by atoms with Crippen LogP contribution in [-0.4, -0.2) is 4.57 Å². The minimum atomic E-state index is -0.257. The van der Waals surface area contributed by atoms with Crippen LogP contribution in [0.4, 0.5) is 17.1 Å². The fourth-order valence-corrected chi connectivity index (χ4v) is 11.9.